The number of fused-ring (bicyclic) bond motifs is 2. The fraction of sp³-hybridized carbons (Fsp3) is 0.259. The molecular weight excluding hydrogens is 466 g/mol. The first-order valence-corrected chi connectivity index (χ1v) is 12.4. The minimum atomic E-state index is -1.13. The van der Waals surface area contributed by atoms with Crippen molar-refractivity contribution < 1.29 is 9.59 Å². The van der Waals surface area contributed by atoms with E-state index in [4.69, 9.17) is 11.6 Å². The van der Waals surface area contributed by atoms with Crippen LogP contribution in [-0.4, -0.2) is 28.1 Å². The maximum atomic E-state index is 14.3. The summed E-state index contributed by atoms with van der Waals surface area (Å²) >= 11 is 7.55. The van der Waals surface area contributed by atoms with E-state index in [1.807, 2.05) is 47.4 Å². The molecule has 1 saturated heterocycles. The molecule has 0 radical (unpaired) electrons. The van der Waals surface area contributed by atoms with Crippen LogP contribution in [0.1, 0.15) is 30.5 Å². The van der Waals surface area contributed by atoms with Gasteiger partial charge in [-0.2, -0.15) is 0 Å². The van der Waals surface area contributed by atoms with Crippen LogP contribution >= 0.6 is 23.4 Å². The standard InChI is InChI=1S/C27H26ClN3O2S/c1-18-8-4-5-9-19(18)16-30-23-11-7-6-10-22(23)27(24(30)32)31(17-26(2,3)34-27)25(33)29-21-14-12-20(28)13-15-21/h4-15H,16-17H2,1-3H3,(H,29,33)/t27-/m0/s1. The number of nitrogens with one attached hydrogen (secondary N) is 1. The SMILES string of the molecule is Cc1ccccc1CN1C(=O)[C@@]2(SC(C)(C)CN2C(=O)Nc2ccc(Cl)cc2)c2ccccc21. The fourth-order valence-electron chi connectivity index (χ4n) is 4.80. The molecule has 1 N–H and O–H groups in total. The van der Waals surface area contributed by atoms with Gasteiger partial charge in [0.2, 0.25) is 0 Å². The summed E-state index contributed by atoms with van der Waals surface area (Å²) in [6.07, 6.45) is 0. The highest BCUT2D eigenvalue weighted by molar-refractivity contribution is 8.02. The third-order valence-electron chi connectivity index (χ3n) is 6.37. The Morgan fingerprint density at radius 1 is 1.03 bits per heavy atom. The molecule has 3 aromatic rings. The lowest BCUT2D eigenvalue weighted by atomic mass is 10.1. The summed E-state index contributed by atoms with van der Waals surface area (Å²) in [5.74, 6) is -0.0845. The van der Waals surface area contributed by atoms with E-state index < -0.39 is 4.87 Å². The van der Waals surface area contributed by atoms with E-state index in [0.29, 0.717) is 23.8 Å². The van der Waals surface area contributed by atoms with Crippen molar-refractivity contribution in [2.75, 3.05) is 16.8 Å². The second-order valence-corrected chi connectivity index (χ2v) is 11.7. The quantitative estimate of drug-likeness (QED) is 0.460. The van der Waals surface area contributed by atoms with Gasteiger partial charge in [0.1, 0.15) is 0 Å². The number of thioether (sulfide) groups is 1. The molecule has 2 aliphatic rings. The Hall–Kier alpha value is -2.96. The smallest absolute Gasteiger partial charge is 0.308 e. The average Bonchev–Trinajstić information content (AvgIpc) is 3.23. The number of carbonyl (C=O) groups excluding carboxylic acids is 2. The van der Waals surface area contributed by atoms with Gasteiger partial charge in [-0.1, -0.05) is 54.1 Å². The molecular formula is C27H26ClN3O2S. The van der Waals surface area contributed by atoms with Crippen molar-refractivity contribution in [2.45, 2.75) is 36.9 Å². The minimum Gasteiger partial charge on any atom is -0.308 e. The van der Waals surface area contributed by atoms with Gasteiger partial charge in [0, 0.05) is 27.6 Å². The largest absolute Gasteiger partial charge is 0.323 e. The van der Waals surface area contributed by atoms with Gasteiger partial charge in [0.15, 0.2) is 4.87 Å². The van der Waals surface area contributed by atoms with Crippen LogP contribution in [0, 0.1) is 6.92 Å². The summed E-state index contributed by atoms with van der Waals surface area (Å²) in [4.78, 5) is 30.3. The second kappa shape index (κ2) is 8.36. The van der Waals surface area contributed by atoms with Crippen LogP contribution in [0.25, 0.3) is 0 Å². The molecule has 0 aliphatic carbocycles. The molecule has 3 amide bonds. The van der Waals surface area contributed by atoms with Crippen molar-refractivity contribution in [3.05, 3.63) is 94.5 Å². The van der Waals surface area contributed by atoms with Gasteiger partial charge >= 0.3 is 6.03 Å². The number of halogens is 1. The Kier molecular flexibility index (Phi) is 5.61. The summed E-state index contributed by atoms with van der Waals surface area (Å²) in [6, 6.07) is 22.6. The Morgan fingerprint density at radius 3 is 2.44 bits per heavy atom. The molecule has 0 bridgehead atoms. The number of rotatable bonds is 3. The molecule has 34 heavy (non-hydrogen) atoms. The summed E-state index contributed by atoms with van der Waals surface area (Å²) in [5.41, 5.74) is 4.56. The molecule has 2 heterocycles. The number of hydrogen-bond donors (Lipinski definition) is 1. The fourth-order valence-corrected chi connectivity index (χ4v) is 6.65. The number of nitrogens with zero attached hydrogens (tertiary/aromatic N) is 2. The highest BCUT2D eigenvalue weighted by Crippen LogP contribution is 2.59. The molecule has 0 saturated carbocycles. The van der Waals surface area contributed by atoms with Crippen LogP contribution < -0.4 is 10.2 Å². The van der Waals surface area contributed by atoms with Crippen LogP contribution in [0.5, 0.6) is 0 Å². The second-order valence-electron chi connectivity index (χ2n) is 9.36. The molecule has 1 fully saturated rings. The van der Waals surface area contributed by atoms with Gasteiger partial charge in [-0.3, -0.25) is 9.69 Å². The van der Waals surface area contributed by atoms with Crippen molar-refractivity contribution in [3.8, 4) is 0 Å². The molecule has 5 nitrogen and oxygen atoms in total. The Bertz CT molecular complexity index is 1280. The third-order valence-corrected chi connectivity index (χ3v) is 8.21. The van der Waals surface area contributed by atoms with E-state index in [9.17, 15) is 9.59 Å². The predicted molar refractivity (Wildman–Crippen MR) is 139 cm³/mol. The van der Waals surface area contributed by atoms with Crippen LogP contribution in [0.2, 0.25) is 5.02 Å². The van der Waals surface area contributed by atoms with E-state index >= 15 is 0 Å². The average molecular weight is 492 g/mol. The number of amides is 3. The summed E-state index contributed by atoms with van der Waals surface area (Å²) in [5, 5.41) is 3.57. The lowest BCUT2D eigenvalue weighted by Gasteiger charge is -2.33. The number of anilines is 2. The zero-order valence-corrected chi connectivity index (χ0v) is 20.9. The van der Waals surface area contributed by atoms with Crippen molar-refractivity contribution in [2.24, 2.45) is 0 Å². The molecule has 1 spiro atoms. The Morgan fingerprint density at radius 2 is 1.71 bits per heavy atom. The Labute approximate surface area is 209 Å². The number of urea groups is 1. The summed E-state index contributed by atoms with van der Waals surface area (Å²) < 4.78 is -0.307. The summed E-state index contributed by atoms with van der Waals surface area (Å²) in [6.45, 7) is 7.11. The van der Waals surface area contributed by atoms with Gasteiger partial charge in [0.05, 0.1) is 12.2 Å². The summed E-state index contributed by atoms with van der Waals surface area (Å²) in [7, 11) is 0. The van der Waals surface area contributed by atoms with Crippen LogP contribution in [0.15, 0.2) is 72.8 Å². The van der Waals surface area contributed by atoms with E-state index in [-0.39, 0.29) is 16.7 Å². The van der Waals surface area contributed by atoms with E-state index in [1.165, 1.54) is 0 Å². The van der Waals surface area contributed by atoms with Gasteiger partial charge in [-0.15, -0.1) is 11.8 Å². The molecule has 2 aliphatic heterocycles. The first-order chi connectivity index (χ1) is 16.2. The highest BCUT2D eigenvalue weighted by atomic mass is 35.5. The molecule has 7 heteroatoms. The monoisotopic (exact) mass is 491 g/mol. The van der Waals surface area contributed by atoms with Crippen LogP contribution in [0.3, 0.4) is 0 Å². The molecule has 0 aromatic heterocycles. The first-order valence-electron chi connectivity index (χ1n) is 11.2. The van der Waals surface area contributed by atoms with Crippen molar-refractivity contribution in [1.82, 2.24) is 4.90 Å². The lowest BCUT2D eigenvalue weighted by Crippen LogP contribution is -2.51. The van der Waals surface area contributed by atoms with Crippen LogP contribution in [0.4, 0.5) is 16.2 Å². The maximum absolute atomic E-state index is 14.3. The maximum Gasteiger partial charge on any atom is 0.323 e. The normalized spacial score (nSPS) is 20.6. The number of hydrogen-bond acceptors (Lipinski definition) is 3. The first kappa shape index (κ1) is 22.8. The Balaban J connectivity index is 1.56. The van der Waals surface area contributed by atoms with E-state index in [2.05, 4.69) is 32.2 Å². The van der Waals surface area contributed by atoms with Gasteiger partial charge in [-0.05, 0) is 62.2 Å². The van der Waals surface area contributed by atoms with Crippen molar-refractivity contribution in [1.29, 1.82) is 0 Å². The number of para-hydroxylation sites is 1. The topological polar surface area (TPSA) is 52.7 Å². The van der Waals surface area contributed by atoms with Crippen molar-refractivity contribution in [3.63, 3.8) is 0 Å². The van der Waals surface area contributed by atoms with E-state index in [1.54, 1.807) is 40.9 Å². The van der Waals surface area contributed by atoms with Crippen LogP contribution in [-0.2, 0) is 16.2 Å². The zero-order valence-electron chi connectivity index (χ0n) is 19.3. The van der Waals surface area contributed by atoms with Gasteiger partial charge < -0.3 is 10.2 Å². The number of carbonyl (C=O) groups is 2. The minimum absolute atomic E-state index is 0.0845. The number of benzene rings is 3. The molecule has 0 unspecified atom stereocenters. The predicted octanol–water partition coefficient (Wildman–Crippen LogP) is 6.41. The highest BCUT2D eigenvalue weighted by Gasteiger charge is 2.63. The molecule has 3 aromatic carbocycles. The molecule has 1 atom stereocenters. The van der Waals surface area contributed by atoms with Crippen molar-refractivity contribution >= 4 is 46.7 Å². The third kappa shape index (κ3) is 3.75. The molecule has 5 rings (SSSR count). The van der Waals surface area contributed by atoms with E-state index in [0.717, 1.165) is 22.4 Å². The zero-order chi connectivity index (χ0) is 24.1. The lowest BCUT2D eigenvalue weighted by molar-refractivity contribution is -0.123. The number of aryl methyl sites for hydroxylation is 1. The van der Waals surface area contributed by atoms with Gasteiger partial charge in [-0.25, -0.2) is 4.79 Å². The molecule has 174 valence electrons. The van der Waals surface area contributed by atoms with Gasteiger partial charge in [0.25, 0.3) is 5.91 Å².